The largest absolute Gasteiger partial charge is 0.492 e. The van der Waals surface area contributed by atoms with Gasteiger partial charge in [0.25, 0.3) is 0 Å². The predicted octanol–water partition coefficient (Wildman–Crippen LogP) is 2.35. The molecule has 0 aromatic heterocycles. The fourth-order valence-corrected chi connectivity index (χ4v) is 3.22. The van der Waals surface area contributed by atoms with Crippen LogP contribution in [0.4, 0.5) is 0 Å². The lowest BCUT2D eigenvalue weighted by Crippen LogP contribution is -2.47. The molecule has 23 heavy (non-hydrogen) atoms. The van der Waals surface area contributed by atoms with Crippen LogP contribution in [0.3, 0.4) is 0 Å². The Hall–Kier alpha value is -1.11. The van der Waals surface area contributed by atoms with Crippen LogP contribution < -0.4 is 15.4 Å². The molecule has 0 atom stereocenters. The minimum absolute atomic E-state index is 0.0195. The molecular weight excluding hydrogens is 360 g/mol. The van der Waals surface area contributed by atoms with Crippen molar-refractivity contribution in [1.29, 1.82) is 0 Å². The number of para-hydroxylation sites is 1. The standard InChI is InChI=1S/C17H25BrN2O3/c1-22-13-17(7-9-19-10-8-17)12-20-16(21)6-11-23-15-5-3-2-4-14(15)18/h2-5,19H,6-13H2,1H3,(H,20,21). The van der Waals surface area contributed by atoms with E-state index in [1.807, 2.05) is 24.3 Å². The fourth-order valence-electron chi connectivity index (χ4n) is 2.83. The number of methoxy groups -OCH3 is 1. The molecule has 1 amide bonds. The van der Waals surface area contributed by atoms with Crippen molar-refractivity contribution in [2.75, 3.05) is 40.0 Å². The van der Waals surface area contributed by atoms with Crippen LogP contribution in [0.2, 0.25) is 0 Å². The lowest BCUT2D eigenvalue weighted by Gasteiger charge is -2.37. The van der Waals surface area contributed by atoms with Gasteiger partial charge in [-0.25, -0.2) is 0 Å². The first-order valence-corrected chi connectivity index (χ1v) is 8.78. The van der Waals surface area contributed by atoms with E-state index in [1.54, 1.807) is 7.11 Å². The number of rotatable bonds is 8. The van der Waals surface area contributed by atoms with Gasteiger partial charge in [0.15, 0.2) is 0 Å². The molecule has 1 aliphatic heterocycles. The lowest BCUT2D eigenvalue weighted by molar-refractivity contribution is -0.122. The van der Waals surface area contributed by atoms with Crippen molar-refractivity contribution >= 4 is 21.8 Å². The highest BCUT2D eigenvalue weighted by atomic mass is 79.9. The van der Waals surface area contributed by atoms with E-state index >= 15 is 0 Å². The molecule has 0 spiro atoms. The maximum Gasteiger partial charge on any atom is 0.223 e. The maximum absolute atomic E-state index is 12.0. The number of amides is 1. The summed E-state index contributed by atoms with van der Waals surface area (Å²) in [5.74, 6) is 0.778. The summed E-state index contributed by atoms with van der Waals surface area (Å²) < 4.78 is 11.9. The number of hydrogen-bond acceptors (Lipinski definition) is 4. The van der Waals surface area contributed by atoms with E-state index in [1.165, 1.54) is 0 Å². The van der Waals surface area contributed by atoms with Gasteiger partial charge in [-0.3, -0.25) is 4.79 Å². The van der Waals surface area contributed by atoms with Gasteiger partial charge in [0.1, 0.15) is 5.75 Å². The molecule has 1 aromatic carbocycles. The minimum Gasteiger partial charge on any atom is -0.492 e. The van der Waals surface area contributed by atoms with Gasteiger partial charge in [-0.2, -0.15) is 0 Å². The number of ether oxygens (including phenoxy) is 2. The van der Waals surface area contributed by atoms with Crippen LogP contribution in [0.15, 0.2) is 28.7 Å². The van der Waals surface area contributed by atoms with Gasteiger partial charge in [-0.05, 0) is 54.0 Å². The van der Waals surface area contributed by atoms with Crippen LogP contribution in [-0.4, -0.2) is 45.9 Å². The lowest BCUT2D eigenvalue weighted by atomic mass is 9.79. The Morgan fingerprint density at radius 1 is 1.35 bits per heavy atom. The second kappa shape index (κ2) is 9.25. The van der Waals surface area contributed by atoms with E-state index in [0.29, 0.717) is 26.2 Å². The monoisotopic (exact) mass is 384 g/mol. The fraction of sp³-hybridized carbons (Fsp3) is 0.588. The zero-order valence-corrected chi connectivity index (χ0v) is 15.2. The Morgan fingerprint density at radius 2 is 2.09 bits per heavy atom. The Bertz CT molecular complexity index is 499. The van der Waals surface area contributed by atoms with Crippen LogP contribution >= 0.6 is 15.9 Å². The molecule has 6 heteroatoms. The Kier molecular flexibility index (Phi) is 7.33. The van der Waals surface area contributed by atoms with Crippen LogP contribution in [0.1, 0.15) is 19.3 Å². The number of piperidine rings is 1. The van der Waals surface area contributed by atoms with Gasteiger partial charge in [-0.15, -0.1) is 0 Å². The van der Waals surface area contributed by atoms with Crippen molar-refractivity contribution in [1.82, 2.24) is 10.6 Å². The summed E-state index contributed by atoms with van der Waals surface area (Å²) in [5, 5.41) is 6.39. The molecular formula is C17H25BrN2O3. The molecule has 0 aliphatic carbocycles. The summed E-state index contributed by atoms with van der Waals surface area (Å²) in [6.45, 7) is 3.67. The molecule has 5 nitrogen and oxygen atoms in total. The molecule has 0 unspecified atom stereocenters. The Labute approximate surface area is 146 Å². The van der Waals surface area contributed by atoms with E-state index in [9.17, 15) is 4.79 Å². The molecule has 128 valence electrons. The van der Waals surface area contributed by atoms with Crippen molar-refractivity contribution in [3.8, 4) is 5.75 Å². The molecule has 1 aliphatic rings. The Balaban J connectivity index is 1.72. The summed E-state index contributed by atoms with van der Waals surface area (Å²) in [4.78, 5) is 12.0. The number of benzene rings is 1. The quantitative estimate of drug-likeness (QED) is 0.721. The third-order valence-corrected chi connectivity index (χ3v) is 4.85. The average molecular weight is 385 g/mol. The van der Waals surface area contributed by atoms with E-state index in [-0.39, 0.29) is 11.3 Å². The van der Waals surface area contributed by atoms with Crippen molar-refractivity contribution in [2.45, 2.75) is 19.3 Å². The molecule has 1 fully saturated rings. The second-order valence-electron chi connectivity index (χ2n) is 5.99. The molecule has 2 N–H and O–H groups in total. The second-order valence-corrected chi connectivity index (χ2v) is 6.84. The average Bonchev–Trinajstić information content (AvgIpc) is 2.56. The number of nitrogens with one attached hydrogen (secondary N) is 2. The molecule has 1 aromatic rings. The smallest absolute Gasteiger partial charge is 0.223 e. The number of halogens is 1. The number of carbonyl (C=O) groups is 1. The van der Waals surface area contributed by atoms with Crippen LogP contribution in [0.5, 0.6) is 5.75 Å². The van der Waals surface area contributed by atoms with Gasteiger partial charge in [-0.1, -0.05) is 12.1 Å². The van der Waals surface area contributed by atoms with Gasteiger partial charge in [0.05, 0.1) is 24.1 Å². The van der Waals surface area contributed by atoms with Crippen LogP contribution in [0, 0.1) is 5.41 Å². The summed E-state index contributed by atoms with van der Waals surface area (Å²) >= 11 is 3.43. The first-order valence-electron chi connectivity index (χ1n) is 7.99. The van der Waals surface area contributed by atoms with Crippen LogP contribution in [-0.2, 0) is 9.53 Å². The van der Waals surface area contributed by atoms with Gasteiger partial charge in [0, 0.05) is 19.1 Å². The third kappa shape index (κ3) is 5.79. The summed E-state index contributed by atoms with van der Waals surface area (Å²) in [7, 11) is 1.72. The predicted molar refractivity (Wildman–Crippen MR) is 93.7 cm³/mol. The summed E-state index contributed by atoms with van der Waals surface area (Å²) in [5.41, 5.74) is 0.0545. The number of carbonyl (C=O) groups excluding carboxylic acids is 1. The van der Waals surface area contributed by atoms with Crippen molar-refractivity contribution in [3.05, 3.63) is 28.7 Å². The molecule has 0 radical (unpaired) electrons. The normalized spacial score (nSPS) is 16.8. The first kappa shape index (κ1) is 18.2. The molecule has 2 rings (SSSR count). The maximum atomic E-state index is 12.0. The zero-order valence-electron chi connectivity index (χ0n) is 13.6. The highest BCUT2D eigenvalue weighted by molar-refractivity contribution is 9.10. The van der Waals surface area contributed by atoms with E-state index in [0.717, 1.165) is 36.2 Å². The molecule has 1 saturated heterocycles. The minimum atomic E-state index is 0.0195. The first-order chi connectivity index (χ1) is 11.2. The van der Waals surface area contributed by atoms with Gasteiger partial charge >= 0.3 is 0 Å². The number of hydrogen-bond donors (Lipinski definition) is 2. The Morgan fingerprint density at radius 3 is 2.78 bits per heavy atom. The van der Waals surface area contributed by atoms with E-state index in [2.05, 4.69) is 26.6 Å². The zero-order chi connectivity index (χ0) is 16.5. The SMILES string of the molecule is COCC1(CNC(=O)CCOc2ccccc2Br)CCNCC1. The molecule has 0 bridgehead atoms. The van der Waals surface area contributed by atoms with Gasteiger partial charge in [0.2, 0.25) is 5.91 Å². The van der Waals surface area contributed by atoms with E-state index < -0.39 is 0 Å². The van der Waals surface area contributed by atoms with Crippen LogP contribution in [0.25, 0.3) is 0 Å². The molecule has 1 heterocycles. The topological polar surface area (TPSA) is 59.6 Å². The van der Waals surface area contributed by atoms with Gasteiger partial charge < -0.3 is 20.1 Å². The van der Waals surface area contributed by atoms with Crippen molar-refractivity contribution < 1.29 is 14.3 Å². The van der Waals surface area contributed by atoms with Crippen molar-refractivity contribution in [2.24, 2.45) is 5.41 Å². The summed E-state index contributed by atoms with van der Waals surface area (Å²) in [6, 6.07) is 7.63. The van der Waals surface area contributed by atoms with Crippen molar-refractivity contribution in [3.63, 3.8) is 0 Å². The van der Waals surface area contributed by atoms with E-state index in [4.69, 9.17) is 9.47 Å². The highest BCUT2D eigenvalue weighted by Gasteiger charge is 2.32. The summed E-state index contributed by atoms with van der Waals surface area (Å²) in [6.07, 6.45) is 2.39. The third-order valence-electron chi connectivity index (χ3n) is 4.20. The molecule has 0 saturated carbocycles. The highest BCUT2D eigenvalue weighted by Crippen LogP contribution is 2.28.